The summed E-state index contributed by atoms with van der Waals surface area (Å²) in [5.74, 6) is 0.988. The maximum absolute atomic E-state index is 12.3. The van der Waals surface area contributed by atoms with E-state index in [4.69, 9.17) is 13.7 Å². The zero-order chi connectivity index (χ0) is 16.4. The summed E-state index contributed by atoms with van der Waals surface area (Å²) in [4.78, 5) is 12.3. The Morgan fingerprint density at radius 1 is 1.26 bits per heavy atom. The second-order valence-corrected chi connectivity index (χ2v) is 5.46. The molecule has 0 unspecified atom stereocenters. The van der Waals surface area contributed by atoms with Crippen LogP contribution >= 0.6 is 0 Å². The molecular weight excluding hydrogens is 296 g/mol. The number of nitrogens with zero attached hydrogens (tertiary/aromatic N) is 2. The molecule has 120 valence electrons. The fraction of sp³-hybridized carbons (Fsp3) is 0.294. The molecule has 0 bridgehead atoms. The van der Waals surface area contributed by atoms with E-state index in [1.807, 2.05) is 43.5 Å². The summed E-state index contributed by atoms with van der Waals surface area (Å²) in [5.41, 5.74) is 3.12. The average Bonchev–Trinajstić information content (AvgIpc) is 3.23. The summed E-state index contributed by atoms with van der Waals surface area (Å²) in [6.45, 7) is 6.31. The lowest BCUT2D eigenvalue weighted by Gasteiger charge is -2.07. The Kier molecular flexibility index (Phi) is 4.06. The molecule has 3 heterocycles. The van der Waals surface area contributed by atoms with E-state index in [0.29, 0.717) is 17.9 Å². The van der Waals surface area contributed by atoms with Crippen molar-refractivity contribution in [3.8, 4) is 0 Å². The van der Waals surface area contributed by atoms with Crippen molar-refractivity contribution in [1.82, 2.24) is 9.72 Å². The number of aryl methyl sites for hydroxylation is 2. The van der Waals surface area contributed by atoms with Crippen LogP contribution in [0.4, 0.5) is 0 Å². The Bertz CT molecular complexity index is 812. The highest BCUT2D eigenvalue weighted by molar-refractivity contribution is 5.91. The van der Waals surface area contributed by atoms with Gasteiger partial charge in [-0.25, -0.2) is 4.79 Å². The Labute approximate surface area is 133 Å². The number of esters is 1. The molecule has 0 amide bonds. The van der Waals surface area contributed by atoms with Gasteiger partial charge in [-0.2, -0.15) is 0 Å². The summed E-state index contributed by atoms with van der Waals surface area (Å²) in [7, 11) is 0. The van der Waals surface area contributed by atoms with Crippen LogP contribution in [0.5, 0.6) is 0 Å². The highest BCUT2D eigenvalue weighted by atomic mass is 16.5. The van der Waals surface area contributed by atoms with E-state index in [9.17, 15) is 4.79 Å². The van der Waals surface area contributed by atoms with Gasteiger partial charge in [0.25, 0.3) is 0 Å². The molecule has 3 aromatic rings. The Balaban J connectivity index is 1.73. The van der Waals surface area contributed by atoms with Crippen LogP contribution in [0.15, 0.2) is 39.5 Å². The molecule has 6 nitrogen and oxygen atoms in total. The maximum Gasteiger partial charge on any atom is 0.340 e. The van der Waals surface area contributed by atoms with Crippen LogP contribution in [-0.4, -0.2) is 15.7 Å². The van der Waals surface area contributed by atoms with E-state index < -0.39 is 0 Å². The van der Waals surface area contributed by atoms with Gasteiger partial charge in [0.2, 0.25) is 0 Å². The molecule has 0 radical (unpaired) electrons. The molecule has 0 aliphatic carbocycles. The molecule has 0 fully saturated rings. The number of ether oxygens (including phenoxy) is 1. The minimum atomic E-state index is -0.377. The predicted octanol–water partition coefficient (Wildman–Crippen LogP) is 3.40. The molecule has 0 atom stereocenters. The predicted molar refractivity (Wildman–Crippen MR) is 82.1 cm³/mol. The topological polar surface area (TPSA) is 70.4 Å². The van der Waals surface area contributed by atoms with E-state index in [1.54, 1.807) is 12.3 Å². The van der Waals surface area contributed by atoms with Gasteiger partial charge < -0.3 is 18.2 Å². The Hall–Kier alpha value is -2.76. The van der Waals surface area contributed by atoms with Crippen LogP contribution in [-0.2, 0) is 17.9 Å². The van der Waals surface area contributed by atoms with Crippen molar-refractivity contribution in [1.29, 1.82) is 0 Å². The molecule has 0 aliphatic rings. The molecule has 0 saturated carbocycles. The van der Waals surface area contributed by atoms with Crippen molar-refractivity contribution in [3.05, 3.63) is 64.7 Å². The first-order chi connectivity index (χ1) is 11.0. The van der Waals surface area contributed by atoms with E-state index >= 15 is 0 Å². The third-order valence-corrected chi connectivity index (χ3v) is 3.71. The van der Waals surface area contributed by atoms with Crippen LogP contribution < -0.4 is 0 Å². The van der Waals surface area contributed by atoms with Crippen molar-refractivity contribution in [2.45, 2.75) is 33.9 Å². The molecule has 0 aromatic carbocycles. The van der Waals surface area contributed by atoms with Crippen molar-refractivity contribution in [2.24, 2.45) is 0 Å². The largest absolute Gasteiger partial charge is 0.467 e. The van der Waals surface area contributed by atoms with Gasteiger partial charge in [-0.05, 0) is 39.0 Å². The Morgan fingerprint density at radius 3 is 2.74 bits per heavy atom. The van der Waals surface area contributed by atoms with Gasteiger partial charge in [-0.3, -0.25) is 0 Å². The molecular formula is C17H18N2O4. The molecule has 23 heavy (non-hydrogen) atoms. The smallest absolute Gasteiger partial charge is 0.340 e. The monoisotopic (exact) mass is 314 g/mol. The van der Waals surface area contributed by atoms with Crippen LogP contribution in [0.25, 0.3) is 0 Å². The minimum Gasteiger partial charge on any atom is -0.467 e. The molecule has 3 aromatic heterocycles. The summed E-state index contributed by atoms with van der Waals surface area (Å²) >= 11 is 0. The van der Waals surface area contributed by atoms with Crippen LogP contribution in [0, 0.1) is 20.8 Å². The lowest BCUT2D eigenvalue weighted by atomic mass is 10.2. The zero-order valence-electron chi connectivity index (χ0n) is 13.3. The molecule has 0 aliphatic heterocycles. The van der Waals surface area contributed by atoms with Gasteiger partial charge >= 0.3 is 5.97 Å². The van der Waals surface area contributed by atoms with E-state index in [2.05, 4.69) is 5.16 Å². The van der Waals surface area contributed by atoms with Crippen LogP contribution in [0.3, 0.4) is 0 Å². The van der Waals surface area contributed by atoms with Crippen molar-refractivity contribution in [3.63, 3.8) is 0 Å². The standard InChI is InChI=1S/C17H18N2O4/c1-11-7-15(23-18-11)10-22-17(20)16-8-12(2)19(13(16)3)9-14-5-4-6-21-14/h4-8H,9-10H2,1-3H3. The van der Waals surface area contributed by atoms with E-state index in [0.717, 1.165) is 22.8 Å². The second-order valence-electron chi connectivity index (χ2n) is 5.46. The fourth-order valence-corrected chi connectivity index (χ4v) is 2.51. The van der Waals surface area contributed by atoms with Gasteiger partial charge in [0.15, 0.2) is 12.4 Å². The lowest BCUT2D eigenvalue weighted by Crippen LogP contribution is -2.08. The van der Waals surface area contributed by atoms with Crippen molar-refractivity contribution >= 4 is 5.97 Å². The molecule has 0 N–H and O–H groups in total. The average molecular weight is 314 g/mol. The van der Waals surface area contributed by atoms with Gasteiger partial charge in [-0.1, -0.05) is 5.16 Å². The number of hydrogen-bond donors (Lipinski definition) is 0. The number of carbonyl (C=O) groups excluding carboxylic acids is 1. The van der Waals surface area contributed by atoms with Crippen molar-refractivity contribution < 1.29 is 18.5 Å². The summed E-state index contributed by atoms with van der Waals surface area (Å²) in [5, 5.41) is 3.76. The highest BCUT2D eigenvalue weighted by Crippen LogP contribution is 2.19. The number of rotatable bonds is 5. The number of aromatic nitrogens is 2. The number of carbonyl (C=O) groups is 1. The van der Waals surface area contributed by atoms with Crippen molar-refractivity contribution in [2.75, 3.05) is 0 Å². The fourth-order valence-electron chi connectivity index (χ4n) is 2.51. The third-order valence-electron chi connectivity index (χ3n) is 3.71. The Morgan fingerprint density at radius 2 is 2.09 bits per heavy atom. The number of hydrogen-bond acceptors (Lipinski definition) is 5. The first-order valence-corrected chi connectivity index (χ1v) is 7.33. The van der Waals surface area contributed by atoms with Gasteiger partial charge in [0.1, 0.15) is 5.76 Å². The summed E-state index contributed by atoms with van der Waals surface area (Å²) in [6, 6.07) is 7.32. The molecule has 0 spiro atoms. The molecule has 0 saturated heterocycles. The first-order valence-electron chi connectivity index (χ1n) is 7.33. The maximum atomic E-state index is 12.3. The first kappa shape index (κ1) is 15.1. The molecule has 3 rings (SSSR count). The summed E-state index contributed by atoms with van der Waals surface area (Å²) in [6.07, 6.45) is 1.64. The number of furan rings is 1. The van der Waals surface area contributed by atoms with Gasteiger partial charge in [0, 0.05) is 17.5 Å². The lowest BCUT2D eigenvalue weighted by molar-refractivity contribution is 0.0436. The molecule has 6 heteroatoms. The van der Waals surface area contributed by atoms with E-state index in [-0.39, 0.29) is 12.6 Å². The van der Waals surface area contributed by atoms with Crippen LogP contribution in [0.1, 0.15) is 39.0 Å². The zero-order valence-corrected chi connectivity index (χ0v) is 13.3. The van der Waals surface area contributed by atoms with E-state index in [1.165, 1.54) is 0 Å². The minimum absolute atomic E-state index is 0.0710. The normalized spacial score (nSPS) is 10.9. The van der Waals surface area contributed by atoms with Gasteiger partial charge in [0.05, 0.1) is 24.1 Å². The van der Waals surface area contributed by atoms with Crippen LogP contribution in [0.2, 0.25) is 0 Å². The third kappa shape index (κ3) is 3.21. The summed E-state index contributed by atoms with van der Waals surface area (Å²) < 4.78 is 17.7. The quantitative estimate of drug-likeness (QED) is 0.675. The highest BCUT2D eigenvalue weighted by Gasteiger charge is 2.18. The van der Waals surface area contributed by atoms with Gasteiger partial charge in [-0.15, -0.1) is 0 Å². The SMILES string of the molecule is Cc1cc(COC(=O)c2cc(C)n(Cc3ccco3)c2C)on1. The second kappa shape index (κ2) is 6.16.